The van der Waals surface area contributed by atoms with Crippen molar-refractivity contribution in [1.29, 1.82) is 0 Å². The van der Waals surface area contributed by atoms with Gasteiger partial charge in [-0.05, 0) is 39.2 Å². The van der Waals surface area contributed by atoms with Crippen LogP contribution >= 0.6 is 0 Å². The van der Waals surface area contributed by atoms with Gasteiger partial charge in [-0.15, -0.1) is 0 Å². The van der Waals surface area contributed by atoms with Gasteiger partial charge in [-0.3, -0.25) is 0 Å². The van der Waals surface area contributed by atoms with Crippen molar-refractivity contribution in [2.75, 3.05) is 14.2 Å². The SMILES string of the molecule is COc1cccc(COCc2c3ccccc3cc3ccccc23)c1OC. The van der Waals surface area contributed by atoms with Gasteiger partial charge in [-0.25, -0.2) is 0 Å². The number of benzene rings is 4. The Labute approximate surface area is 159 Å². The molecule has 0 N–H and O–H groups in total. The smallest absolute Gasteiger partial charge is 0.166 e. The summed E-state index contributed by atoms with van der Waals surface area (Å²) in [5, 5.41) is 4.92. The Morgan fingerprint density at radius 2 is 1.33 bits per heavy atom. The summed E-state index contributed by atoms with van der Waals surface area (Å²) in [6.45, 7) is 0.986. The van der Waals surface area contributed by atoms with Crippen molar-refractivity contribution in [2.24, 2.45) is 0 Å². The Balaban J connectivity index is 1.66. The summed E-state index contributed by atoms with van der Waals surface area (Å²) in [6, 6.07) is 25.0. The molecule has 0 aliphatic heterocycles. The van der Waals surface area contributed by atoms with E-state index >= 15 is 0 Å². The Morgan fingerprint density at radius 1 is 0.667 bits per heavy atom. The van der Waals surface area contributed by atoms with E-state index in [1.165, 1.54) is 27.1 Å². The molecule has 0 atom stereocenters. The van der Waals surface area contributed by atoms with Crippen molar-refractivity contribution in [2.45, 2.75) is 13.2 Å². The normalized spacial score (nSPS) is 11.0. The van der Waals surface area contributed by atoms with Gasteiger partial charge in [0.1, 0.15) is 0 Å². The maximum absolute atomic E-state index is 6.13. The van der Waals surface area contributed by atoms with Crippen molar-refractivity contribution in [3.8, 4) is 11.5 Å². The predicted octanol–water partition coefficient (Wildman–Crippen LogP) is 5.73. The number of fused-ring (bicyclic) bond motifs is 2. The molecule has 3 nitrogen and oxygen atoms in total. The molecule has 0 amide bonds. The molecule has 0 aliphatic rings. The second kappa shape index (κ2) is 7.68. The monoisotopic (exact) mass is 358 g/mol. The maximum Gasteiger partial charge on any atom is 0.166 e. The molecule has 4 aromatic carbocycles. The first-order chi connectivity index (χ1) is 13.3. The first-order valence-corrected chi connectivity index (χ1v) is 8.99. The zero-order valence-corrected chi connectivity index (χ0v) is 15.6. The third-order valence-corrected chi connectivity index (χ3v) is 4.87. The van der Waals surface area contributed by atoms with Gasteiger partial charge in [0.2, 0.25) is 0 Å². The molecular weight excluding hydrogens is 336 g/mol. The Bertz CT molecular complexity index is 1030. The summed E-state index contributed by atoms with van der Waals surface area (Å²) in [5.74, 6) is 1.44. The molecule has 4 aromatic rings. The minimum absolute atomic E-state index is 0.456. The van der Waals surface area contributed by atoms with Crippen LogP contribution in [0.15, 0.2) is 72.8 Å². The number of hydrogen-bond donors (Lipinski definition) is 0. The fourth-order valence-electron chi connectivity index (χ4n) is 3.59. The fraction of sp³-hybridized carbons (Fsp3) is 0.167. The fourth-order valence-corrected chi connectivity index (χ4v) is 3.59. The lowest BCUT2D eigenvalue weighted by molar-refractivity contribution is 0.106. The lowest BCUT2D eigenvalue weighted by Gasteiger charge is -2.14. The highest BCUT2D eigenvalue weighted by Gasteiger charge is 2.11. The van der Waals surface area contributed by atoms with Crippen molar-refractivity contribution in [3.05, 3.63) is 83.9 Å². The Morgan fingerprint density at radius 3 is 1.96 bits per heavy atom. The van der Waals surface area contributed by atoms with Crippen molar-refractivity contribution >= 4 is 21.5 Å². The number of ether oxygens (including phenoxy) is 3. The van der Waals surface area contributed by atoms with Crippen LogP contribution in [0, 0.1) is 0 Å². The summed E-state index contributed by atoms with van der Waals surface area (Å²) in [6.07, 6.45) is 0. The molecule has 27 heavy (non-hydrogen) atoms. The maximum atomic E-state index is 6.13. The summed E-state index contributed by atoms with van der Waals surface area (Å²) in [5.41, 5.74) is 2.19. The zero-order chi connectivity index (χ0) is 18.6. The summed E-state index contributed by atoms with van der Waals surface area (Å²) in [4.78, 5) is 0. The summed E-state index contributed by atoms with van der Waals surface area (Å²) >= 11 is 0. The molecule has 0 bridgehead atoms. The van der Waals surface area contributed by atoms with Gasteiger partial charge >= 0.3 is 0 Å². The van der Waals surface area contributed by atoms with Crippen LogP contribution < -0.4 is 9.47 Å². The van der Waals surface area contributed by atoms with Crippen LogP contribution in [-0.2, 0) is 18.0 Å². The molecule has 0 fully saturated rings. The van der Waals surface area contributed by atoms with Crippen LogP contribution in [0.3, 0.4) is 0 Å². The van der Waals surface area contributed by atoms with Gasteiger partial charge in [-0.1, -0.05) is 60.7 Å². The molecule has 0 aromatic heterocycles. The van der Waals surface area contributed by atoms with E-state index in [0.717, 1.165) is 11.3 Å². The molecule has 4 rings (SSSR count). The van der Waals surface area contributed by atoms with Gasteiger partial charge < -0.3 is 14.2 Å². The van der Waals surface area contributed by atoms with Crippen molar-refractivity contribution < 1.29 is 14.2 Å². The average Bonchev–Trinajstić information content (AvgIpc) is 2.72. The first kappa shape index (κ1) is 17.4. The average molecular weight is 358 g/mol. The minimum atomic E-state index is 0.456. The van der Waals surface area contributed by atoms with E-state index in [1.807, 2.05) is 18.2 Å². The number of hydrogen-bond acceptors (Lipinski definition) is 3. The van der Waals surface area contributed by atoms with Gasteiger partial charge in [0.25, 0.3) is 0 Å². The Hall–Kier alpha value is -3.04. The molecule has 0 heterocycles. The van der Waals surface area contributed by atoms with Crippen LogP contribution in [-0.4, -0.2) is 14.2 Å². The highest BCUT2D eigenvalue weighted by Crippen LogP contribution is 2.32. The van der Waals surface area contributed by atoms with E-state index in [2.05, 4.69) is 54.6 Å². The third kappa shape index (κ3) is 3.34. The van der Waals surface area contributed by atoms with Crippen LogP contribution in [0.5, 0.6) is 11.5 Å². The predicted molar refractivity (Wildman–Crippen MR) is 109 cm³/mol. The second-order valence-electron chi connectivity index (χ2n) is 6.44. The highest BCUT2D eigenvalue weighted by molar-refractivity contribution is 6.02. The second-order valence-corrected chi connectivity index (χ2v) is 6.44. The standard InChI is InChI=1S/C24H22O3/c1-25-23-13-7-10-19(24(23)26-2)15-27-16-22-20-11-5-3-8-17(20)14-18-9-4-6-12-21(18)22/h3-14H,15-16H2,1-2H3. The van der Waals surface area contributed by atoms with Gasteiger partial charge in [0.05, 0.1) is 27.4 Å². The highest BCUT2D eigenvalue weighted by atomic mass is 16.5. The lowest BCUT2D eigenvalue weighted by Crippen LogP contribution is -2.00. The number of rotatable bonds is 6. The molecular formula is C24H22O3. The topological polar surface area (TPSA) is 27.7 Å². The first-order valence-electron chi connectivity index (χ1n) is 8.99. The molecule has 0 saturated heterocycles. The minimum Gasteiger partial charge on any atom is -0.493 e. The van der Waals surface area contributed by atoms with Crippen molar-refractivity contribution in [3.63, 3.8) is 0 Å². The van der Waals surface area contributed by atoms with Gasteiger partial charge in [0, 0.05) is 5.56 Å². The quantitative estimate of drug-likeness (QED) is 0.412. The van der Waals surface area contributed by atoms with Crippen LogP contribution in [0.25, 0.3) is 21.5 Å². The molecule has 3 heteroatoms. The third-order valence-electron chi connectivity index (χ3n) is 4.87. The largest absolute Gasteiger partial charge is 0.493 e. The molecule has 136 valence electrons. The lowest BCUT2D eigenvalue weighted by atomic mass is 9.97. The molecule has 0 saturated carbocycles. The van der Waals surface area contributed by atoms with Crippen LogP contribution in [0.1, 0.15) is 11.1 Å². The Kier molecular flexibility index (Phi) is 4.95. The van der Waals surface area contributed by atoms with Gasteiger partial charge in [-0.2, -0.15) is 0 Å². The van der Waals surface area contributed by atoms with E-state index < -0.39 is 0 Å². The molecule has 0 spiro atoms. The summed E-state index contributed by atoms with van der Waals surface area (Å²) < 4.78 is 17.0. The van der Waals surface area contributed by atoms with E-state index in [0.29, 0.717) is 19.0 Å². The van der Waals surface area contributed by atoms with E-state index in [1.54, 1.807) is 14.2 Å². The van der Waals surface area contributed by atoms with E-state index in [-0.39, 0.29) is 0 Å². The number of methoxy groups -OCH3 is 2. The van der Waals surface area contributed by atoms with Crippen LogP contribution in [0.2, 0.25) is 0 Å². The number of para-hydroxylation sites is 1. The van der Waals surface area contributed by atoms with E-state index in [4.69, 9.17) is 14.2 Å². The van der Waals surface area contributed by atoms with Gasteiger partial charge in [0.15, 0.2) is 11.5 Å². The molecule has 0 unspecified atom stereocenters. The molecule has 0 radical (unpaired) electrons. The molecule has 0 aliphatic carbocycles. The zero-order valence-electron chi connectivity index (χ0n) is 15.6. The van der Waals surface area contributed by atoms with Crippen molar-refractivity contribution in [1.82, 2.24) is 0 Å². The van der Waals surface area contributed by atoms with Crippen LogP contribution in [0.4, 0.5) is 0 Å². The van der Waals surface area contributed by atoms with E-state index in [9.17, 15) is 0 Å². The summed E-state index contributed by atoms with van der Waals surface area (Å²) in [7, 11) is 3.30.